The van der Waals surface area contributed by atoms with Crippen molar-refractivity contribution in [2.45, 2.75) is 45.4 Å². The molecular weight excluding hydrogens is 327 g/mol. The van der Waals surface area contributed by atoms with Crippen molar-refractivity contribution in [1.82, 2.24) is 4.98 Å². The Kier molecular flexibility index (Phi) is 3.76. The van der Waals surface area contributed by atoms with E-state index in [1.165, 1.54) is 12.3 Å². The molecule has 1 aliphatic heterocycles. The van der Waals surface area contributed by atoms with Crippen LogP contribution in [-0.4, -0.2) is 10.8 Å². The number of ketones is 1. The van der Waals surface area contributed by atoms with Gasteiger partial charge >= 0.3 is 0 Å². The van der Waals surface area contributed by atoms with Crippen molar-refractivity contribution < 1.29 is 9.18 Å². The molecule has 1 aliphatic carbocycles. The van der Waals surface area contributed by atoms with Crippen molar-refractivity contribution in [3.8, 4) is 0 Å². The maximum atomic E-state index is 14.1. The van der Waals surface area contributed by atoms with Gasteiger partial charge in [0.25, 0.3) is 0 Å². The van der Waals surface area contributed by atoms with E-state index in [0.717, 1.165) is 28.8 Å². The summed E-state index contributed by atoms with van der Waals surface area (Å²) in [7, 11) is 0. The van der Waals surface area contributed by atoms with E-state index in [-0.39, 0.29) is 17.0 Å². The highest BCUT2D eigenvalue weighted by atomic mass is 19.1. The van der Waals surface area contributed by atoms with E-state index in [2.05, 4.69) is 31.1 Å². The molecular formula is C22H23FN2O. The first-order valence-corrected chi connectivity index (χ1v) is 9.13. The van der Waals surface area contributed by atoms with E-state index < -0.39 is 5.41 Å². The molecule has 3 nitrogen and oxygen atoms in total. The van der Waals surface area contributed by atoms with Crippen molar-refractivity contribution in [2.75, 3.05) is 5.32 Å². The fourth-order valence-corrected chi connectivity index (χ4v) is 4.66. The van der Waals surface area contributed by atoms with E-state index in [9.17, 15) is 9.18 Å². The van der Waals surface area contributed by atoms with Crippen LogP contribution in [0.15, 0.2) is 53.9 Å². The average Bonchev–Trinajstić information content (AvgIpc) is 2.60. The number of carbonyl (C=O) groups excluding carboxylic acids is 1. The fourth-order valence-electron chi connectivity index (χ4n) is 4.66. The van der Waals surface area contributed by atoms with Gasteiger partial charge in [-0.1, -0.05) is 51.1 Å². The molecule has 1 aromatic heterocycles. The van der Waals surface area contributed by atoms with Crippen molar-refractivity contribution in [3.05, 3.63) is 70.8 Å². The Balaban J connectivity index is 2.06. The van der Waals surface area contributed by atoms with Crippen molar-refractivity contribution >= 4 is 11.6 Å². The summed E-state index contributed by atoms with van der Waals surface area (Å²) in [5, 5.41) is 3.35. The Labute approximate surface area is 153 Å². The summed E-state index contributed by atoms with van der Waals surface area (Å²) in [4.78, 5) is 17.6. The Morgan fingerprint density at radius 3 is 2.62 bits per heavy atom. The highest BCUT2D eigenvalue weighted by Gasteiger charge is 2.49. The largest absolute Gasteiger partial charge is 0.343 e. The van der Waals surface area contributed by atoms with Gasteiger partial charge < -0.3 is 5.32 Å². The van der Waals surface area contributed by atoms with Crippen molar-refractivity contribution in [3.63, 3.8) is 0 Å². The number of nitrogens with zero attached hydrogens (tertiary/aromatic N) is 1. The first-order valence-electron chi connectivity index (χ1n) is 9.13. The smallest absolute Gasteiger partial charge is 0.162 e. The molecule has 0 saturated carbocycles. The summed E-state index contributed by atoms with van der Waals surface area (Å²) in [5.74, 6) is 0.415. The van der Waals surface area contributed by atoms with Gasteiger partial charge in [0, 0.05) is 23.3 Å². The first kappa shape index (κ1) is 17.0. The number of halogens is 1. The number of benzene rings is 1. The molecule has 0 radical (unpaired) electrons. The lowest BCUT2D eigenvalue weighted by molar-refractivity contribution is -0.118. The lowest BCUT2D eigenvalue weighted by Gasteiger charge is -2.46. The molecule has 0 fully saturated rings. The summed E-state index contributed by atoms with van der Waals surface area (Å²) < 4.78 is 14.1. The zero-order valence-electron chi connectivity index (χ0n) is 15.4. The number of aromatic nitrogens is 1. The Hall–Kier alpha value is -2.49. The van der Waals surface area contributed by atoms with Gasteiger partial charge in [0.05, 0.1) is 11.6 Å². The number of fused-ring (bicyclic) bond motifs is 1. The standard InChI is InChI=1S/C22H23FN2O/c1-4-22(14-8-6-5-7-9-14)16-10-15(23)13-24-20(16)25-17-11-21(2,3)12-18(26)19(17)22/h5-10,13H,4,11-12H2,1-3H3,(H,24,25)/t22-/m1/s1. The van der Waals surface area contributed by atoms with Gasteiger partial charge in [-0.05, 0) is 29.9 Å². The Morgan fingerprint density at radius 2 is 1.92 bits per heavy atom. The van der Waals surface area contributed by atoms with Crippen LogP contribution < -0.4 is 5.32 Å². The van der Waals surface area contributed by atoms with Gasteiger partial charge in [-0.25, -0.2) is 9.37 Å². The maximum absolute atomic E-state index is 14.1. The second kappa shape index (κ2) is 5.76. The number of allylic oxidation sites excluding steroid dienone is 2. The van der Waals surface area contributed by atoms with E-state index in [1.54, 1.807) is 0 Å². The molecule has 1 aromatic carbocycles. The number of Topliss-reactive ketones (excluding diaryl/α,β-unsaturated/α-hetero) is 1. The topological polar surface area (TPSA) is 42.0 Å². The molecule has 134 valence electrons. The number of hydrogen-bond acceptors (Lipinski definition) is 3. The SMILES string of the molecule is CC[C@]1(c2ccccc2)C2=C(CC(C)(C)CC2=O)Nc2ncc(F)cc21. The summed E-state index contributed by atoms with van der Waals surface area (Å²) in [6.07, 6.45) is 3.18. The van der Waals surface area contributed by atoms with Gasteiger partial charge in [0.2, 0.25) is 0 Å². The normalized spacial score (nSPS) is 23.9. The summed E-state index contributed by atoms with van der Waals surface area (Å²) in [5.41, 5.74) is 2.71. The molecule has 0 saturated heterocycles. The number of rotatable bonds is 2. The van der Waals surface area contributed by atoms with Crippen LogP contribution in [0.3, 0.4) is 0 Å². The number of carbonyl (C=O) groups is 1. The molecule has 2 heterocycles. The van der Waals surface area contributed by atoms with Crippen LogP contribution in [0.4, 0.5) is 10.2 Å². The molecule has 0 amide bonds. The molecule has 1 atom stereocenters. The fraction of sp³-hybridized carbons (Fsp3) is 0.364. The molecule has 0 bridgehead atoms. The minimum absolute atomic E-state index is 0.101. The van der Waals surface area contributed by atoms with Gasteiger partial charge in [-0.15, -0.1) is 0 Å². The minimum Gasteiger partial charge on any atom is -0.343 e. The van der Waals surface area contributed by atoms with Crippen LogP contribution in [-0.2, 0) is 10.2 Å². The van der Waals surface area contributed by atoms with E-state index in [4.69, 9.17) is 0 Å². The summed E-state index contributed by atoms with van der Waals surface area (Å²) in [6.45, 7) is 6.28. The summed E-state index contributed by atoms with van der Waals surface area (Å²) >= 11 is 0. The molecule has 2 aromatic rings. The van der Waals surface area contributed by atoms with Gasteiger partial charge in [-0.3, -0.25) is 4.79 Å². The zero-order valence-corrected chi connectivity index (χ0v) is 15.4. The van der Waals surface area contributed by atoms with E-state index in [1.807, 2.05) is 30.3 Å². The highest BCUT2D eigenvalue weighted by Crippen LogP contribution is 2.53. The van der Waals surface area contributed by atoms with Crippen LogP contribution >= 0.6 is 0 Å². The second-order valence-electron chi connectivity index (χ2n) is 8.09. The van der Waals surface area contributed by atoms with Gasteiger partial charge in [0.15, 0.2) is 5.78 Å². The lowest BCUT2D eigenvalue weighted by Crippen LogP contribution is -2.43. The third-order valence-corrected chi connectivity index (χ3v) is 5.68. The molecule has 4 heteroatoms. The third kappa shape index (κ3) is 2.39. The highest BCUT2D eigenvalue weighted by molar-refractivity contribution is 6.02. The predicted molar refractivity (Wildman–Crippen MR) is 100 cm³/mol. The number of hydrogen-bond donors (Lipinski definition) is 1. The van der Waals surface area contributed by atoms with E-state index >= 15 is 0 Å². The van der Waals surface area contributed by atoms with Crippen LogP contribution in [0.2, 0.25) is 0 Å². The first-order chi connectivity index (χ1) is 12.4. The van der Waals surface area contributed by atoms with Crippen LogP contribution in [0.1, 0.15) is 51.2 Å². The molecule has 0 unspecified atom stereocenters. The second-order valence-corrected chi connectivity index (χ2v) is 8.09. The number of anilines is 1. The number of nitrogens with one attached hydrogen (secondary N) is 1. The number of pyridine rings is 1. The average molecular weight is 350 g/mol. The van der Waals surface area contributed by atoms with Gasteiger partial charge in [0.1, 0.15) is 11.6 Å². The zero-order chi connectivity index (χ0) is 18.5. The Morgan fingerprint density at radius 1 is 1.19 bits per heavy atom. The molecule has 4 rings (SSSR count). The minimum atomic E-state index is -0.667. The molecule has 1 N–H and O–H groups in total. The summed E-state index contributed by atoms with van der Waals surface area (Å²) in [6, 6.07) is 11.5. The molecule has 26 heavy (non-hydrogen) atoms. The third-order valence-electron chi connectivity index (χ3n) is 5.68. The van der Waals surface area contributed by atoms with E-state index in [0.29, 0.717) is 18.7 Å². The maximum Gasteiger partial charge on any atom is 0.162 e. The monoisotopic (exact) mass is 350 g/mol. The van der Waals surface area contributed by atoms with Crippen LogP contribution in [0, 0.1) is 11.2 Å². The van der Waals surface area contributed by atoms with Crippen LogP contribution in [0.5, 0.6) is 0 Å². The predicted octanol–water partition coefficient (Wildman–Crippen LogP) is 4.99. The quantitative estimate of drug-likeness (QED) is 0.830. The van der Waals surface area contributed by atoms with Crippen molar-refractivity contribution in [2.24, 2.45) is 5.41 Å². The van der Waals surface area contributed by atoms with Crippen LogP contribution in [0.25, 0.3) is 0 Å². The molecule has 0 spiro atoms. The lowest BCUT2D eigenvalue weighted by atomic mass is 9.60. The van der Waals surface area contributed by atoms with Gasteiger partial charge in [-0.2, -0.15) is 0 Å². The Bertz CT molecular complexity index is 917. The molecule has 2 aliphatic rings. The van der Waals surface area contributed by atoms with Crippen molar-refractivity contribution in [1.29, 1.82) is 0 Å².